The molecule has 1 aromatic rings. The summed E-state index contributed by atoms with van der Waals surface area (Å²) in [5.74, 6) is 0.248. The number of ether oxygens (including phenoxy) is 1. The van der Waals surface area contributed by atoms with Crippen LogP contribution in [0.3, 0.4) is 0 Å². The van der Waals surface area contributed by atoms with Crippen LogP contribution in [0.1, 0.15) is 38.2 Å². The lowest BCUT2D eigenvalue weighted by Gasteiger charge is -2.28. The minimum atomic E-state index is -2.75. The van der Waals surface area contributed by atoms with E-state index < -0.39 is 6.61 Å². The average molecular weight is 269 g/mol. The predicted octanol–water partition coefficient (Wildman–Crippen LogP) is 3.75. The Labute approximate surface area is 113 Å². The van der Waals surface area contributed by atoms with Crippen molar-refractivity contribution in [1.29, 1.82) is 0 Å². The third kappa shape index (κ3) is 4.78. The fourth-order valence-electron chi connectivity index (χ4n) is 2.69. The molecule has 2 unspecified atom stereocenters. The maximum absolute atomic E-state index is 12.1. The summed E-state index contributed by atoms with van der Waals surface area (Å²) in [6, 6.07) is 8.14. The van der Waals surface area contributed by atoms with Crippen molar-refractivity contribution in [2.24, 2.45) is 0 Å². The molecule has 0 spiro atoms. The number of piperidine rings is 1. The monoisotopic (exact) mass is 269 g/mol. The van der Waals surface area contributed by atoms with E-state index in [1.807, 2.05) is 6.07 Å². The van der Waals surface area contributed by atoms with Crippen molar-refractivity contribution < 1.29 is 13.5 Å². The minimum absolute atomic E-state index is 0.248. The first-order chi connectivity index (χ1) is 9.13. The van der Waals surface area contributed by atoms with E-state index in [0.29, 0.717) is 12.1 Å². The molecule has 106 valence electrons. The number of hydrogen-bond acceptors (Lipinski definition) is 2. The van der Waals surface area contributed by atoms with Crippen LogP contribution in [0, 0.1) is 0 Å². The van der Waals surface area contributed by atoms with Gasteiger partial charge in [0, 0.05) is 12.1 Å². The van der Waals surface area contributed by atoms with Crippen LogP contribution < -0.4 is 10.1 Å². The number of hydrogen-bond donors (Lipinski definition) is 1. The molecule has 2 atom stereocenters. The summed E-state index contributed by atoms with van der Waals surface area (Å²) in [5, 5.41) is 3.58. The van der Waals surface area contributed by atoms with Gasteiger partial charge in [-0.15, -0.1) is 0 Å². The van der Waals surface area contributed by atoms with E-state index in [0.717, 1.165) is 18.4 Å². The Balaban J connectivity index is 1.85. The molecule has 0 aliphatic carbocycles. The van der Waals surface area contributed by atoms with E-state index in [2.05, 4.69) is 17.0 Å². The molecule has 1 aliphatic heterocycles. The Hall–Kier alpha value is -1.16. The third-order valence-corrected chi connectivity index (χ3v) is 3.62. The molecule has 19 heavy (non-hydrogen) atoms. The molecule has 4 heteroatoms. The topological polar surface area (TPSA) is 21.3 Å². The smallest absolute Gasteiger partial charge is 0.387 e. The molecule has 1 fully saturated rings. The minimum Gasteiger partial charge on any atom is -0.435 e. The molecule has 1 saturated heterocycles. The molecule has 0 radical (unpaired) electrons. The molecular formula is C15H21F2NO. The zero-order valence-electron chi connectivity index (χ0n) is 11.2. The zero-order chi connectivity index (χ0) is 13.7. The third-order valence-electron chi connectivity index (χ3n) is 3.62. The van der Waals surface area contributed by atoms with Gasteiger partial charge in [0.15, 0.2) is 0 Å². The largest absolute Gasteiger partial charge is 0.435 e. The molecule has 0 saturated carbocycles. The number of nitrogens with one attached hydrogen (secondary N) is 1. The van der Waals surface area contributed by atoms with Crippen molar-refractivity contribution in [3.63, 3.8) is 0 Å². The van der Waals surface area contributed by atoms with Gasteiger partial charge in [-0.25, -0.2) is 0 Å². The summed E-state index contributed by atoms with van der Waals surface area (Å²) in [4.78, 5) is 0. The number of alkyl halides is 2. The summed E-state index contributed by atoms with van der Waals surface area (Å²) >= 11 is 0. The van der Waals surface area contributed by atoms with E-state index in [4.69, 9.17) is 0 Å². The van der Waals surface area contributed by atoms with E-state index in [1.54, 1.807) is 18.2 Å². The molecule has 1 heterocycles. The van der Waals surface area contributed by atoms with Crippen LogP contribution in [0.4, 0.5) is 8.78 Å². The lowest BCUT2D eigenvalue weighted by molar-refractivity contribution is -0.0498. The Morgan fingerprint density at radius 1 is 1.37 bits per heavy atom. The average Bonchev–Trinajstić information content (AvgIpc) is 2.36. The standard InChI is InChI=1S/C15H21F2NO/c1-11-4-2-6-13(18-11)9-8-12-5-3-7-14(10-12)19-15(16)17/h3,5,7,10-11,13,15,18H,2,4,6,8-9H2,1H3. The lowest BCUT2D eigenvalue weighted by Crippen LogP contribution is -2.40. The highest BCUT2D eigenvalue weighted by Gasteiger charge is 2.17. The Morgan fingerprint density at radius 2 is 2.21 bits per heavy atom. The Bertz CT molecular complexity index is 397. The van der Waals surface area contributed by atoms with Crippen LogP contribution >= 0.6 is 0 Å². The summed E-state index contributed by atoms with van der Waals surface area (Å²) in [6.07, 6.45) is 5.66. The van der Waals surface area contributed by atoms with Crippen molar-refractivity contribution in [2.45, 2.75) is 57.7 Å². The molecule has 0 amide bonds. The van der Waals surface area contributed by atoms with Gasteiger partial charge >= 0.3 is 6.61 Å². The number of benzene rings is 1. The fraction of sp³-hybridized carbons (Fsp3) is 0.600. The second-order valence-corrected chi connectivity index (χ2v) is 5.26. The summed E-state index contributed by atoms with van der Waals surface area (Å²) < 4.78 is 28.7. The van der Waals surface area contributed by atoms with Crippen molar-refractivity contribution in [3.8, 4) is 5.75 Å². The van der Waals surface area contributed by atoms with Crippen molar-refractivity contribution >= 4 is 0 Å². The SMILES string of the molecule is CC1CCCC(CCc2cccc(OC(F)F)c2)N1. The fourth-order valence-corrected chi connectivity index (χ4v) is 2.69. The van der Waals surface area contributed by atoms with E-state index >= 15 is 0 Å². The maximum atomic E-state index is 12.1. The van der Waals surface area contributed by atoms with Gasteiger partial charge in [-0.2, -0.15) is 8.78 Å². The van der Waals surface area contributed by atoms with Gasteiger partial charge in [0.25, 0.3) is 0 Å². The van der Waals surface area contributed by atoms with Gasteiger partial charge in [-0.1, -0.05) is 18.6 Å². The van der Waals surface area contributed by atoms with Gasteiger partial charge in [0.1, 0.15) is 5.75 Å². The normalized spacial score (nSPS) is 23.6. The number of rotatable bonds is 5. The summed E-state index contributed by atoms with van der Waals surface area (Å²) in [6.45, 7) is -0.542. The highest BCUT2D eigenvalue weighted by molar-refractivity contribution is 5.28. The van der Waals surface area contributed by atoms with E-state index in [-0.39, 0.29) is 5.75 Å². The molecular weight excluding hydrogens is 248 g/mol. The first kappa shape index (κ1) is 14.3. The van der Waals surface area contributed by atoms with Gasteiger partial charge < -0.3 is 10.1 Å². The van der Waals surface area contributed by atoms with Gasteiger partial charge in [-0.3, -0.25) is 0 Å². The maximum Gasteiger partial charge on any atom is 0.387 e. The van der Waals surface area contributed by atoms with Gasteiger partial charge in [0.05, 0.1) is 0 Å². The van der Waals surface area contributed by atoms with E-state index in [1.165, 1.54) is 19.3 Å². The summed E-state index contributed by atoms with van der Waals surface area (Å²) in [7, 11) is 0. The Morgan fingerprint density at radius 3 is 2.95 bits per heavy atom. The summed E-state index contributed by atoms with van der Waals surface area (Å²) in [5.41, 5.74) is 1.05. The molecule has 0 bridgehead atoms. The zero-order valence-corrected chi connectivity index (χ0v) is 11.2. The number of aryl methyl sites for hydroxylation is 1. The predicted molar refractivity (Wildman–Crippen MR) is 71.6 cm³/mol. The molecule has 0 aromatic heterocycles. The second-order valence-electron chi connectivity index (χ2n) is 5.26. The van der Waals surface area contributed by atoms with Crippen molar-refractivity contribution in [3.05, 3.63) is 29.8 Å². The van der Waals surface area contributed by atoms with E-state index in [9.17, 15) is 8.78 Å². The first-order valence-corrected chi connectivity index (χ1v) is 6.93. The van der Waals surface area contributed by atoms with Crippen LogP contribution in [-0.2, 0) is 6.42 Å². The quantitative estimate of drug-likeness (QED) is 0.879. The first-order valence-electron chi connectivity index (χ1n) is 6.93. The van der Waals surface area contributed by atoms with Gasteiger partial charge in [0.2, 0.25) is 0 Å². The molecule has 1 N–H and O–H groups in total. The molecule has 1 aromatic carbocycles. The second kappa shape index (κ2) is 6.85. The van der Waals surface area contributed by atoms with Crippen molar-refractivity contribution in [1.82, 2.24) is 5.32 Å². The number of halogens is 2. The van der Waals surface area contributed by atoms with Crippen LogP contribution in [0.25, 0.3) is 0 Å². The molecule has 2 rings (SSSR count). The molecule has 1 aliphatic rings. The van der Waals surface area contributed by atoms with Gasteiger partial charge in [-0.05, 0) is 50.3 Å². The van der Waals surface area contributed by atoms with Crippen molar-refractivity contribution in [2.75, 3.05) is 0 Å². The van der Waals surface area contributed by atoms with Crippen LogP contribution in [0.5, 0.6) is 5.75 Å². The van der Waals surface area contributed by atoms with Crippen LogP contribution in [0.15, 0.2) is 24.3 Å². The Kier molecular flexibility index (Phi) is 5.14. The van der Waals surface area contributed by atoms with Crippen LogP contribution in [-0.4, -0.2) is 18.7 Å². The highest BCUT2D eigenvalue weighted by atomic mass is 19.3. The lowest BCUT2D eigenvalue weighted by atomic mass is 9.95. The molecule has 2 nitrogen and oxygen atoms in total. The highest BCUT2D eigenvalue weighted by Crippen LogP contribution is 2.20. The van der Waals surface area contributed by atoms with Crippen LogP contribution in [0.2, 0.25) is 0 Å².